The van der Waals surface area contributed by atoms with E-state index in [2.05, 4.69) is 25.0 Å². The molecule has 0 spiro atoms. The average Bonchev–Trinajstić information content (AvgIpc) is 2.80. The number of hydrogen-bond acceptors (Lipinski definition) is 5. The second kappa shape index (κ2) is 5.19. The first kappa shape index (κ1) is 12.6. The van der Waals surface area contributed by atoms with E-state index in [0.29, 0.717) is 16.6 Å². The number of aliphatic hydroxyl groups is 2. The summed E-state index contributed by atoms with van der Waals surface area (Å²) in [4.78, 5) is 13.1. The Labute approximate surface area is 106 Å². The fraction of sp³-hybridized carbons (Fsp3) is 0.333. The van der Waals surface area contributed by atoms with Gasteiger partial charge in [-0.3, -0.25) is 0 Å². The fourth-order valence-electron chi connectivity index (χ4n) is 1.58. The Hall–Kier alpha value is -1.86. The minimum Gasteiger partial charge on any atom is -0.390 e. The molecular formula is C9H9ClN6O2. The molecule has 2 aromatic rings. The second-order valence-corrected chi connectivity index (χ2v) is 3.92. The van der Waals surface area contributed by atoms with Crippen LogP contribution in [0.1, 0.15) is 11.7 Å². The maximum Gasteiger partial charge on any atom is 0.156 e. The van der Waals surface area contributed by atoms with Gasteiger partial charge in [0.2, 0.25) is 0 Å². The van der Waals surface area contributed by atoms with Crippen molar-refractivity contribution in [2.75, 3.05) is 6.54 Å². The Balaban J connectivity index is 2.36. The molecule has 0 radical (unpaired) electrons. The Morgan fingerprint density at radius 3 is 3.00 bits per heavy atom. The van der Waals surface area contributed by atoms with Crippen LogP contribution in [0.5, 0.6) is 0 Å². The quantitative estimate of drug-likeness (QED) is 0.334. The molecule has 0 aliphatic heterocycles. The predicted octanol–water partition coefficient (Wildman–Crippen LogP) is 1.32. The fourth-order valence-corrected chi connectivity index (χ4v) is 1.77. The first-order valence-corrected chi connectivity index (χ1v) is 5.37. The highest BCUT2D eigenvalue weighted by Gasteiger charge is 2.22. The van der Waals surface area contributed by atoms with Crippen molar-refractivity contribution < 1.29 is 10.2 Å². The zero-order valence-corrected chi connectivity index (χ0v) is 9.78. The molecule has 0 aromatic carbocycles. The maximum atomic E-state index is 9.94. The van der Waals surface area contributed by atoms with Gasteiger partial charge in [0, 0.05) is 16.7 Å². The maximum absolute atomic E-state index is 9.94. The third-order valence-corrected chi connectivity index (χ3v) is 2.75. The van der Waals surface area contributed by atoms with Crippen LogP contribution in [-0.4, -0.2) is 37.8 Å². The number of aliphatic hydroxyl groups excluding tert-OH is 2. The smallest absolute Gasteiger partial charge is 0.156 e. The molecule has 8 nitrogen and oxygen atoms in total. The second-order valence-electron chi connectivity index (χ2n) is 3.56. The van der Waals surface area contributed by atoms with E-state index in [-0.39, 0.29) is 11.7 Å². The molecule has 0 amide bonds. The lowest BCUT2D eigenvalue weighted by molar-refractivity contribution is 0.0252. The molecule has 0 aliphatic rings. The Kier molecular flexibility index (Phi) is 3.63. The van der Waals surface area contributed by atoms with Gasteiger partial charge in [-0.05, 0) is 5.53 Å². The highest BCUT2D eigenvalue weighted by atomic mass is 35.5. The van der Waals surface area contributed by atoms with Crippen molar-refractivity contribution in [1.29, 1.82) is 0 Å². The summed E-state index contributed by atoms with van der Waals surface area (Å²) in [6.45, 7) is -0.233. The van der Waals surface area contributed by atoms with Gasteiger partial charge in [0.1, 0.15) is 17.9 Å². The van der Waals surface area contributed by atoms with E-state index in [0.717, 1.165) is 0 Å². The molecule has 0 aliphatic carbocycles. The summed E-state index contributed by atoms with van der Waals surface area (Å²) in [6.07, 6.45) is 0.299. The number of fused-ring (bicyclic) bond motifs is 1. The van der Waals surface area contributed by atoms with E-state index in [9.17, 15) is 10.2 Å². The molecule has 94 valence electrons. The number of H-pyrrole nitrogens is 1. The van der Waals surface area contributed by atoms with Gasteiger partial charge < -0.3 is 15.2 Å². The summed E-state index contributed by atoms with van der Waals surface area (Å²) in [5.41, 5.74) is 9.42. The molecule has 2 aromatic heterocycles. The third-order valence-electron chi connectivity index (χ3n) is 2.46. The van der Waals surface area contributed by atoms with Gasteiger partial charge >= 0.3 is 0 Å². The molecular weight excluding hydrogens is 260 g/mol. The topological polar surface area (TPSA) is 131 Å². The molecule has 2 unspecified atom stereocenters. The normalized spacial score (nSPS) is 14.2. The van der Waals surface area contributed by atoms with E-state index in [1.54, 1.807) is 0 Å². The van der Waals surface area contributed by atoms with Crippen molar-refractivity contribution in [3.05, 3.63) is 33.7 Å². The third kappa shape index (κ3) is 2.22. The van der Waals surface area contributed by atoms with Gasteiger partial charge in [0.15, 0.2) is 5.15 Å². The first-order chi connectivity index (χ1) is 8.65. The summed E-state index contributed by atoms with van der Waals surface area (Å²) in [7, 11) is 0. The number of aromatic amines is 1. The van der Waals surface area contributed by atoms with Crippen molar-refractivity contribution in [2.45, 2.75) is 12.2 Å². The Bertz CT molecular complexity index is 608. The number of hydrogen-bond donors (Lipinski definition) is 3. The highest BCUT2D eigenvalue weighted by molar-refractivity contribution is 6.33. The van der Waals surface area contributed by atoms with Crippen molar-refractivity contribution in [3.8, 4) is 0 Å². The predicted molar refractivity (Wildman–Crippen MR) is 63.9 cm³/mol. The van der Waals surface area contributed by atoms with Gasteiger partial charge in [-0.25, -0.2) is 9.97 Å². The highest BCUT2D eigenvalue weighted by Crippen LogP contribution is 2.27. The molecule has 18 heavy (non-hydrogen) atoms. The van der Waals surface area contributed by atoms with Crippen molar-refractivity contribution >= 4 is 22.6 Å². The van der Waals surface area contributed by atoms with Crippen LogP contribution in [-0.2, 0) is 0 Å². The van der Waals surface area contributed by atoms with Crippen LogP contribution in [0, 0.1) is 0 Å². The molecule has 2 rings (SSSR count). The SMILES string of the molecule is [N-]=[N+]=NCC(O)C(O)c1c[nH]c2c(Cl)ncnc12. The Morgan fingerprint density at radius 1 is 1.50 bits per heavy atom. The summed E-state index contributed by atoms with van der Waals surface area (Å²) < 4.78 is 0. The van der Waals surface area contributed by atoms with Crippen LogP contribution in [0.15, 0.2) is 17.6 Å². The minimum absolute atomic E-state index is 0.225. The summed E-state index contributed by atoms with van der Waals surface area (Å²) in [5, 5.41) is 23.0. The van der Waals surface area contributed by atoms with Gasteiger partial charge in [0.25, 0.3) is 0 Å². The number of halogens is 1. The lowest BCUT2D eigenvalue weighted by Crippen LogP contribution is -2.21. The van der Waals surface area contributed by atoms with Crippen molar-refractivity contribution in [2.24, 2.45) is 5.11 Å². The van der Waals surface area contributed by atoms with Gasteiger partial charge in [-0.2, -0.15) is 0 Å². The Morgan fingerprint density at radius 2 is 2.28 bits per heavy atom. The number of rotatable bonds is 4. The molecule has 2 heterocycles. The molecule has 0 saturated heterocycles. The van der Waals surface area contributed by atoms with Gasteiger partial charge in [-0.1, -0.05) is 16.7 Å². The van der Waals surface area contributed by atoms with E-state index >= 15 is 0 Å². The van der Waals surface area contributed by atoms with Gasteiger partial charge in [0.05, 0.1) is 18.2 Å². The lowest BCUT2D eigenvalue weighted by Gasteiger charge is -2.14. The number of nitrogens with zero attached hydrogens (tertiary/aromatic N) is 5. The average molecular weight is 269 g/mol. The van der Waals surface area contributed by atoms with E-state index < -0.39 is 12.2 Å². The molecule has 2 atom stereocenters. The summed E-state index contributed by atoms with van der Waals surface area (Å²) in [6, 6.07) is 0. The standard InChI is InChI=1S/C9H9ClN6O2/c10-9-7-6(13-3-14-9)4(1-12-7)8(18)5(17)2-15-16-11/h1,3,5,8,12,17-18H,2H2. The molecule has 0 fully saturated rings. The monoisotopic (exact) mass is 268 g/mol. The number of aromatic nitrogens is 3. The van der Waals surface area contributed by atoms with Crippen LogP contribution in [0.4, 0.5) is 0 Å². The van der Waals surface area contributed by atoms with E-state index in [1.165, 1.54) is 12.5 Å². The van der Waals surface area contributed by atoms with Crippen molar-refractivity contribution in [1.82, 2.24) is 15.0 Å². The molecule has 3 N–H and O–H groups in total. The first-order valence-electron chi connectivity index (χ1n) is 4.99. The summed E-state index contributed by atoms with van der Waals surface area (Å²) in [5.74, 6) is 0. The minimum atomic E-state index is -1.23. The number of azide groups is 1. The van der Waals surface area contributed by atoms with Crippen LogP contribution in [0.25, 0.3) is 21.5 Å². The zero-order chi connectivity index (χ0) is 13.1. The van der Waals surface area contributed by atoms with Crippen LogP contribution >= 0.6 is 11.6 Å². The van der Waals surface area contributed by atoms with E-state index in [1.807, 2.05) is 0 Å². The van der Waals surface area contributed by atoms with E-state index in [4.69, 9.17) is 17.1 Å². The van der Waals surface area contributed by atoms with Crippen molar-refractivity contribution in [3.63, 3.8) is 0 Å². The van der Waals surface area contributed by atoms with Crippen LogP contribution in [0.3, 0.4) is 0 Å². The van der Waals surface area contributed by atoms with Crippen LogP contribution < -0.4 is 0 Å². The largest absolute Gasteiger partial charge is 0.390 e. The molecule has 0 saturated carbocycles. The van der Waals surface area contributed by atoms with Crippen LogP contribution in [0.2, 0.25) is 5.15 Å². The summed E-state index contributed by atoms with van der Waals surface area (Å²) >= 11 is 5.85. The zero-order valence-electron chi connectivity index (χ0n) is 9.02. The molecule has 0 bridgehead atoms. The molecule has 9 heteroatoms. The number of nitrogens with one attached hydrogen (secondary N) is 1. The van der Waals surface area contributed by atoms with Gasteiger partial charge in [-0.15, -0.1) is 0 Å². The lowest BCUT2D eigenvalue weighted by atomic mass is 10.1.